The molecule has 1 aliphatic carbocycles. The van der Waals surface area contributed by atoms with E-state index in [9.17, 15) is 0 Å². The molecule has 1 saturated carbocycles. The Morgan fingerprint density at radius 2 is 2.06 bits per heavy atom. The standard InChI is InChI=1S/C15H24N2S/c1-16-10-13-7-8-14(18-13)11-17-9-3-5-12-4-2-6-15(12)17/h7-8,12,15-16H,2-6,9-11H2,1H3. The van der Waals surface area contributed by atoms with E-state index in [1.165, 1.54) is 50.1 Å². The Balaban J connectivity index is 1.63. The largest absolute Gasteiger partial charge is 0.315 e. The topological polar surface area (TPSA) is 15.3 Å². The minimum absolute atomic E-state index is 0.897. The summed E-state index contributed by atoms with van der Waals surface area (Å²) >= 11 is 1.98. The second-order valence-corrected chi connectivity index (χ2v) is 7.02. The van der Waals surface area contributed by atoms with Crippen molar-refractivity contribution in [2.75, 3.05) is 13.6 Å². The van der Waals surface area contributed by atoms with Crippen molar-refractivity contribution >= 4 is 11.3 Å². The van der Waals surface area contributed by atoms with E-state index in [-0.39, 0.29) is 0 Å². The average molecular weight is 264 g/mol. The quantitative estimate of drug-likeness (QED) is 0.898. The van der Waals surface area contributed by atoms with E-state index < -0.39 is 0 Å². The van der Waals surface area contributed by atoms with Crippen molar-refractivity contribution in [2.24, 2.45) is 5.92 Å². The maximum absolute atomic E-state index is 3.23. The molecule has 2 aliphatic rings. The number of nitrogens with one attached hydrogen (secondary N) is 1. The lowest BCUT2D eigenvalue weighted by atomic mass is 9.92. The third-order valence-electron chi connectivity index (χ3n) is 4.54. The van der Waals surface area contributed by atoms with Gasteiger partial charge in [-0.1, -0.05) is 6.42 Å². The number of hydrogen-bond donors (Lipinski definition) is 1. The summed E-state index contributed by atoms with van der Waals surface area (Å²) in [5, 5.41) is 3.23. The molecule has 0 spiro atoms. The number of thiophene rings is 1. The van der Waals surface area contributed by atoms with Crippen molar-refractivity contribution in [1.29, 1.82) is 0 Å². The second-order valence-electron chi connectivity index (χ2n) is 5.77. The van der Waals surface area contributed by atoms with Crippen molar-refractivity contribution in [3.05, 3.63) is 21.9 Å². The van der Waals surface area contributed by atoms with Crippen LogP contribution in [0.2, 0.25) is 0 Å². The summed E-state index contributed by atoms with van der Waals surface area (Å²) in [6.07, 6.45) is 7.28. The van der Waals surface area contributed by atoms with Gasteiger partial charge in [0.05, 0.1) is 0 Å². The zero-order chi connectivity index (χ0) is 12.4. The molecule has 3 heteroatoms. The Morgan fingerprint density at radius 3 is 2.94 bits per heavy atom. The SMILES string of the molecule is CNCc1ccc(CN2CCCC3CCCC32)s1. The summed E-state index contributed by atoms with van der Waals surface area (Å²) in [6.45, 7) is 3.52. The van der Waals surface area contributed by atoms with Crippen LogP contribution < -0.4 is 5.32 Å². The third-order valence-corrected chi connectivity index (χ3v) is 5.61. The van der Waals surface area contributed by atoms with E-state index in [1.807, 2.05) is 18.4 Å². The number of piperidine rings is 1. The highest BCUT2D eigenvalue weighted by Crippen LogP contribution is 2.37. The zero-order valence-electron chi connectivity index (χ0n) is 11.3. The highest BCUT2D eigenvalue weighted by Gasteiger charge is 2.34. The molecule has 2 fully saturated rings. The molecule has 2 atom stereocenters. The van der Waals surface area contributed by atoms with E-state index in [0.717, 1.165) is 18.5 Å². The number of likely N-dealkylation sites (tertiary alicyclic amines) is 1. The summed E-state index contributed by atoms with van der Waals surface area (Å²) in [4.78, 5) is 5.77. The summed E-state index contributed by atoms with van der Waals surface area (Å²) < 4.78 is 0. The average Bonchev–Trinajstić information content (AvgIpc) is 2.99. The van der Waals surface area contributed by atoms with Gasteiger partial charge in [-0.15, -0.1) is 11.3 Å². The highest BCUT2D eigenvalue weighted by atomic mass is 32.1. The van der Waals surface area contributed by atoms with Gasteiger partial charge in [-0.3, -0.25) is 4.90 Å². The lowest BCUT2D eigenvalue weighted by molar-refractivity contribution is 0.107. The van der Waals surface area contributed by atoms with Crippen molar-refractivity contribution < 1.29 is 0 Å². The van der Waals surface area contributed by atoms with Gasteiger partial charge in [-0.25, -0.2) is 0 Å². The zero-order valence-corrected chi connectivity index (χ0v) is 12.1. The Morgan fingerprint density at radius 1 is 1.22 bits per heavy atom. The number of hydrogen-bond acceptors (Lipinski definition) is 3. The molecule has 1 aliphatic heterocycles. The molecule has 0 amide bonds. The van der Waals surface area contributed by atoms with Crippen LogP contribution in [0, 0.1) is 5.92 Å². The number of nitrogens with zero attached hydrogens (tertiary/aromatic N) is 1. The lowest BCUT2D eigenvalue weighted by Crippen LogP contribution is -2.41. The fourth-order valence-electron chi connectivity index (χ4n) is 3.73. The summed E-state index contributed by atoms with van der Waals surface area (Å²) in [5.74, 6) is 1.01. The van der Waals surface area contributed by atoms with E-state index in [4.69, 9.17) is 0 Å². The van der Waals surface area contributed by atoms with Crippen LogP contribution in [0.15, 0.2) is 12.1 Å². The fourth-order valence-corrected chi connectivity index (χ4v) is 4.79. The summed E-state index contributed by atoms with van der Waals surface area (Å²) in [5.41, 5.74) is 0. The van der Waals surface area contributed by atoms with Gasteiger partial charge in [-0.2, -0.15) is 0 Å². The normalized spacial score (nSPS) is 28.5. The smallest absolute Gasteiger partial charge is 0.0331 e. The van der Waals surface area contributed by atoms with Gasteiger partial charge in [0.15, 0.2) is 0 Å². The monoisotopic (exact) mass is 264 g/mol. The third kappa shape index (κ3) is 2.63. The molecular weight excluding hydrogens is 240 g/mol. The minimum Gasteiger partial charge on any atom is -0.315 e. The van der Waals surface area contributed by atoms with Crippen LogP contribution in [-0.2, 0) is 13.1 Å². The Labute approximate surface area is 114 Å². The summed E-state index contributed by atoms with van der Waals surface area (Å²) in [7, 11) is 2.02. The summed E-state index contributed by atoms with van der Waals surface area (Å²) in [6, 6.07) is 5.51. The molecule has 1 saturated heterocycles. The van der Waals surface area contributed by atoms with Crippen LogP contribution >= 0.6 is 11.3 Å². The molecular formula is C15H24N2S. The van der Waals surface area contributed by atoms with Gasteiger partial charge < -0.3 is 5.32 Å². The molecule has 2 unspecified atom stereocenters. The first-order chi connectivity index (χ1) is 8.86. The van der Waals surface area contributed by atoms with Crippen LogP contribution in [0.1, 0.15) is 41.9 Å². The van der Waals surface area contributed by atoms with E-state index in [0.29, 0.717) is 0 Å². The number of fused-ring (bicyclic) bond motifs is 1. The fraction of sp³-hybridized carbons (Fsp3) is 0.733. The van der Waals surface area contributed by atoms with E-state index in [1.54, 1.807) is 4.88 Å². The van der Waals surface area contributed by atoms with Crippen LogP contribution in [0.25, 0.3) is 0 Å². The first-order valence-corrected chi connectivity index (χ1v) is 8.14. The van der Waals surface area contributed by atoms with Gasteiger partial charge in [0, 0.05) is 28.9 Å². The lowest BCUT2D eigenvalue weighted by Gasteiger charge is -2.37. The van der Waals surface area contributed by atoms with Crippen molar-refractivity contribution in [3.8, 4) is 0 Å². The van der Waals surface area contributed by atoms with Crippen LogP contribution in [0.5, 0.6) is 0 Å². The maximum Gasteiger partial charge on any atom is 0.0331 e. The molecule has 2 nitrogen and oxygen atoms in total. The minimum atomic E-state index is 0.897. The highest BCUT2D eigenvalue weighted by molar-refractivity contribution is 7.11. The van der Waals surface area contributed by atoms with Gasteiger partial charge in [0.1, 0.15) is 0 Å². The molecule has 2 heterocycles. The first kappa shape index (κ1) is 12.6. The van der Waals surface area contributed by atoms with E-state index in [2.05, 4.69) is 22.3 Å². The molecule has 1 aromatic heterocycles. The number of rotatable bonds is 4. The Kier molecular flexibility index (Phi) is 4.02. The van der Waals surface area contributed by atoms with Crippen LogP contribution in [0.3, 0.4) is 0 Å². The molecule has 18 heavy (non-hydrogen) atoms. The van der Waals surface area contributed by atoms with Crippen LogP contribution in [0.4, 0.5) is 0 Å². The van der Waals surface area contributed by atoms with Crippen molar-refractivity contribution in [2.45, 2.75) is 51.2 Å². The van der Waals surface area contributed by atoms with Crippen LogP contribution in [-0.4, -0.2) is 24.5 Å². The molecule has 1 N–H and O–H groups in total. The molecule has 100 valence electrons. The van der Waals surface area contributed by atoms with Gasteiger partial charge >= 0.3 is 0 Å². The predicted molar refractivity (Wildman–Crippen MR) is 77.9 cm³/mol. The molecule has 0 bridgehead atoms. The molecule has 0 radical (unpaired) electrons. The van der Waals surface area contributed by atoms with Gasteiger partial charge in [0.2, 0.25) is 0 Å². The Hall–Kier alpha value is -0.380. The van der Waals surface area contributed by atoms with E-state index >= 15 is 0 Å². The van der Waals surface area contributed by atoms with Gasteiger partial charge in [0.25, 0.3) is 0 Å². The molecule has 1 aromatic rings. The molecule has 3 rings (SSSR count). The van der Waals surface area contributed by atoms with Crippen molar-refractivity contribution in [3.63, 3.8) is 0 Å². The predicted octanol–water partition coefficient (Wildman–Crippen LogP) is 3.23. The maximum atomic E-state index is 3.23. The second kappa shape index (κ2) is 5.72. The molecule has 0 aromatic carbocycles. The van der Waals surface area contributed by atoms with Crippen molar-refractivity contribution in [1.82, 2.24) is 10.2 Å². The first-order valence-electron chi connectivity index (χ1n) is 7.33. The van der Waals surface area contributed by atoms with Gasteiger partial charge in [-0.05, 0) is 57.3 Å². The Bertz CT molecular complexity index is 388.